The summed E-state index contributed by atoms with van der Waals surface area (Å²) in [5, 5.41) is 0.839. The number of halogens is 2. The Morgan fingerprint density at radius 3 is 2.60 bits per heavy atom. The van der Waals surface area contributed by atoms with Crippen molar-refractivity contribution in [3.05, 3.63) is 106 Å². The number of carbonyl (C=O) groups is 1. The molecule has 3 aromatic carbocycles. The molecule has 0 spiro atoms. The minimum absolute atomic E-state index is 0.00121. The Morgan fingerprint density at radius 2 is 1.80 bits per heavy atom. The molecular formula is C23H15ClFN3O2. The van der Waals surface area contributed by atoms with E-state index in [-0.39, 0.29) is 11.4 Å². The summed E-state index contributed by atoms with van der Waals surface area (Å²) < 4.78 is 15.4. The number of hydrogen-bond acceptors (Lipinski definition) is 3. The molecule has 0 bridgehead atoms. The highest BCUT2D eigenvalue weighted by atomic mass is 35.5. The predicted molar refractivity (Wildman–Crippen MR) is 116 cm³/mol. The lowest BCUT2D eigenvalue weighted by molar-refractivity contribution is -0.112. The van der Waals surface area contributed by atoms with E-state index in [4.69, 9.17) is 11.6 Å². The molecule has 0 unspecified atom stereocenters. The topological polar surface area (TPSA) is 64.0 Å². The second-order valence-electron chi connectivity index (χ2n) is 6.44. The second-order valence-corrected chi connectivity index (χ2v) is 6.87. The number of rotatable bonds is 4. The van der Waals surface area contributed by atoms with Gasteiger partial charge in [-0.05, 0) is 48.0 Å². The van der Waals surface area contributed by atoms with Gasteiger partial charge in [-0.2, -0.15) is 4.68 Å². The van der Waals surface area contributed by atoms with Gasteiger partial charge in [-0.1, -0.05) is 48.0 Å². The van der Waals surface area contributed by atoms with Crippen LogP contribution in [-0.2, 0) is 4.79 Å². The largest absolute Gasteiger partial charge is 0.280 e. The second kappa shape index (κ2) is 8.31. The number of amides is 1. The third-order valence-corrected chi connectivity index (χ3v) is 4.62. The number of nitrogens with one attached hydrogen (secondary N) is 1. The Balaban J connectivity index is 1.78. The molecule has 0 aliphatic heterocycles. The molecule has 4 aromatic rings. The van der Waals surface area contributed by atoms with Gasteiger partial charge >= 0.3 is 0 Å². The van der Waals surface area contributed by atoms with Gasteiger partial charge in [0.05, 0.1) is 16.5 Å². The molecule has 0 saturated heterocycles. The first-order chi connectivity index (χ1) is 14.5. The van der Waals surface area contributed by atoms with E-state index in [1.54, 1.807) is 60.7 Å². The SMILES string of the molecule is O=C(C=Cc1cccc(Cl)c1)Nn1c(-c2ccccc2F)nc2ccccc2c1=O. The number of fused-ring (bicyclic) bond motifs is 1. The highest BCUT2D eigenvalue weighted by Gasteiger charge is 2.16. The summed E-state index contributed by atoms with van der Waals surface area (Å²) in [5.74, 6) is -1.13. The maximum Gasteiger partial charge on any atom is 0.280 e. The van der Waals surface area contributed by atoms with Crippen LogP contribution in [0.3, 0.4) is 0 Å². The fourth-order valence-corrected chi connectivity index (χ4v) is 3.19. The van der Waals surface area contributed by atoms with Gasteiger partial charge in [0.25, 0.3) is 11.5 Å². The molecule has 1 amide bonds. The summed E-state index contributed by atoms with van der Waals surface area (Å²) in [4.78, 5) is 30.0. The molecule has 1 heterocycles. The van der Waals surface area contributed by atoms with Crippen molar-refractivity contribution in [1.82, 2.24) is 9.66 Å². The van der Waals surface area contributed by atoms with Gasteiger partial charge in [0.1, 0.15) is 5.82 Å². The first-order valence-corrected chi connectivity index (χ1v) is 9.42. The molecule has 148 valence electrons. The van der Waals surface area contributed by atoms with Crippen LogP contribution in [0, 0.1) is 5.82 Å². The maximum absolute atomic E-state index is 14.4. The molecule has 0 atom stereocenters. The summed E-state index contributed by atoms with van der Waals surface area (Å²) >= 11 is 5.95. The van der Waals surface area contributed by atoms with Gasteiger partial charge in [0.2, 0.25) is 0 Å². The molecule has 0 aliphatic carbocycles. The monoisotopic (exact) mass is 419 g/mol. The first kappa shape index (κ1) is 19.5. The molecule has 1 N–H and O–H groups in total. The summed E-state index contributed by atoms with van der Waals surface area (Å²) in [6.45, 7) is 0. The minimum Gasteiger partial charge on any atom is -0.268 e. The van der Waals surface area contributed by atoms with Crippen LogP contribution in [0.4, 0.5) is 4.39 Å². The van der Waals surface area contributed by atoms with Gasteiger partial charge in [-0.25, -0.2) is 9.37 Å². The van der Waals surface area contributed by atoms with Crippen molar-refractivity contribution in [3.63, 3.8) is 0 Å². The fourth-order valence-electron chi connectivity index (χ4n) is 2.99. The first-order valence-electron chi connectivity index (χ1n) is 9.04. The van der Waals surface area contributed by atoms with Crippen molar-refractivity contribution < 1.29 is 9.18 Å². The quantitative estimate of drug-likeness (QED) is 0.490. The van der Waals surface area contributed by atoms with E-state index >= 15 is 0 Å². The van der Waals surface area contributed by atoms with Gasteiger partial charge < -0.3 is 0 Å². The fraction of sp³-hybridized carbons (Fsp3) is 0. The van der Waals surface area contributed by atoms with Gasteiger partial charge in [0, 0.05) is 11.1 Å². The Kier molecular flexibility index (Phi) is 5.41. The van der Waals surface area contributed by atoms with E-state index < -0.39 is 17.3 Å². The van der Waals surface area contributed by atoms with E-state index in [1.807, 2.05) is 0 Å². The van der Waals surface area contributed by atoms with Gasteiger partial charge in [-0.15, -0.1) is 0 Å². The normalized spacial score (nSPS) is 11.1. The minimum atomic E-state index is -0.577. The number of para-hydroxylation sites is 1. The van der Waals surface area contributed by atoms with Crippen LogP contribution in [0.2, 0.25) is 5.02 Å². The van der Waals surface area contributed by atoms with Crippen LogP contribution >= 0.6 is 11.6 Å². The lowest BCUT2D eigenvalue weighted by atomic mass is 10.1. The summed E-state index contributed by atoms with van der Waals surface area (Å²) in [7, 11) is 0. The van der Waals surface area contributed by atoms with Crippen LogP contribution in [0.1, 0.15) is 5.56 Å². The van der Waals surface area contributed by atoms with Crippen molar-refractivity contribution in [2.75, 3.05) is 5.43 Å². The molecule has 4 rings (SSSR count). The Morgan fingerprint density at radius 1 is 1.03 bits per heavy atom. The number of benzene rings is 3. The molecule has 30 heavy (non-hydrogen) atoms. The predicted octanol–water partition coefficient (Wildman–Crippen LogP) is 4.64. The summed E-state index contributed by atoms with van der Waals surface area (Å²) in [5.41, 5.74) is 3.21. The zero-order valence-corrected chi connectivity index (χ0v) is 16.3. The number of hydrogen-bond donors (Lipinski definition) is 1. The Bertz CT molecular complexity index is 1350. The van der Waals surface area contributed by atoms with Gasteiger partial charge in [0.15, 0.2) is 5.82 Å². The van der Waals surface area contributed by atoms with Crippen molar-refractivity contribution >= 4 is 34.5 Å². The Hall–Kier alpha value is -3.77. The average Bonchev–Trinajstić information content (AvgIpc) is 2.75. The third kappa shape index (κ3) is 3.99. The van der Waals surface area contributed by atoms with E-state index in [0.717, 1.165) is 10.2 Å². The van der Waals surface area contributed by atoms with Crippen LogP contribution in [0.15, 0.2) is 83.7 Å². The standard InChI is InChI=1S/C23H15ClFN3O2/c24-16-7-5-6-15(14-16)12-13-21(29)27-28-22(17-8-1-3-10-19(17)25)26-20-11-4-2-9-18(20)23(28)30/h1-14H,(H,27,29). The molecule has 0 saturated carbocycles. The maximum atomic E-state index is 14.4. The van der Waals surface area contributed by atoms with Crippen molar-refractivity contribution in [3.8, 4) is 11.4 Å². The molecular weight excluding hydrogens is 405 g/mol. The van der Waals surface area contributed by atoms with E-state index in [1.165, 1.54) is 24.3 Å². The molecule has 1 aromatic heterocycles. The lowest BCUT2D eigenvalue weighted by Gasteiger charge is -2.14. The highest BCUT2D eigenvalue weighted by molar-refractivity contribution is 6.30. The van der Waals surface area contributed by atoms with Crippen molar-refractivity contribution in [1.29, 1.82) is 0 Å². The average molecular weight is 420 g/mol. The third-order valence-electron chi connectivity index (χ3n) is 4.39. The van der Waals surface area contributed by atoms with Crippen LogP contribution < -0.4 is 11.0 Å². The number of carbonyl (C=O) groups excluding carboxylic acids is 1. The van der Waals surface area contributed by atoms with Crippen molar-refractivity contribution in [2.45, 2.75) is 0 Å². The van der Waals surface area contributed by atoms with Crippen LogP contribution in [0.5, 0.6) is 0 Å². The zero-order chi connectivity index (χ0) is 21.1. The van der Waals surface area contributed by atoms with Crippen LogP contribution in [-0.4, -0.2) is 15.6 Å². The van der Waals surface area contributed by atoms with E-state index in [9.17, 15) is 14.0 Å². The van der Waals surface area contributed by atoms with Gasteiger partial charge in [-0.3, -0.25) is 15.0 Å². The lowest BCUT2D eigenvalue weighted by Crippen LogP contribution is -2.34. The van der Waals surface area contributed by atoms with Crippen LogP contribution in [0.25, 0.3) is 28.4 Å². The molecule has 0 aliphatic rings. The molecule has 0 fully saturated rings. The van der Waals surface area contributed by atoms with Crippen molar-refractivity contribution in [2.24, 2.45) is 0 Å². The van der Waals surface area contributed by atoms with E-state index in [2.05, 4.69) is 10.4 Å². The van der Waals surface area contributed by atoms with E-state index in [0.29, 0.717) is 15.9 Å². The zero-order valence-electron chi connectivity index (χ0n) is 15.5. The number of aromatic nitrogens is 2. The number of nitrogens with zero attached hydrogens (tertiary/aromatic N) is 2. The molecule has 0 radical (unpaired) electrons. The molecule has 7 heteroatoms. The summed E-state index contributed by atoms with van der Waals surface area (Å²) in [6.07, 6.45) is 2.82. The highest BCUT2D eigenvalue weighted by Crippen LogP contribution is 2.21. The molecule has 5 nitrogen and oxygen atoms in total. The smallest absolute Gasteiger partial charge is 0.268 e. The Labute approximate surface area is 176 Å². The summed E-state index contributed by atoms with van der Waals surface area (Å²) in [6, 6.07) is 19.6.